The molecule has 0 fully saturated rings. The van der Waals surface area contributed by atoms with Crippen LogP contribution in [0.1, 0.15) is 18.4 Å². The van der Waals surface area contributed by atoms with Crippen molar-refractivity contribution in [3.8, 4) is 11.5 Å². The van der Waals surface area contributed by atoms with E-state index in [0.29, 0.717) is 23.9 Å². The van der Waals surface area contributed by atoms with E-state index < -0.39 is 0 Å². The van der Waals surface area contributed by atoms with Gasteiger partial charge in [0.05, 0.1) is 17.7 Å². The van der Waals surface area contributed by atoms with E-state index >= 15 is 0 Å². The van der Waals surface area contributed by atoms with Crippen molar-refractivity contribution < 1.29 is 9.21 Å². The molecule has 2 heterocycles. The summed E-state index contributed by atoms with van der Waals surface area (Å²) < 4.78 is 5.70. The van der Waals surface area contributed by atoms with Gasteiger partial charge in [-0.05, 0) is 38.1 Å². The maximum Gasteiger partial charge on any atom is 0.233 e. The minimum absolute atomic E-state index is 0.00200. The first-order valence-electron chi connectivity index (χ1n) is 7.91. The van der Waals surface area contributed by atoms with Crippen LogP contribution in [0.25, 0.3) is 11.5 Å². The van der Waals surface area contributed by atoms with Crippen molar-refractivity contribution in [3.63, 3.8) is 0 Å². The highest BCUT2D eigenvalue weighted by molar-refractivity contribution is 5.94. The first-order valence-corrected chi connectivity index (χ1v) is 7.91. The summed E-state index contributed by atoms with van der Waals surface area (Å²) >= 11 is 0. The van der Waals surface area contributed by atoms with Crippen LogP contribution in [-0.4, -0.2) is 22.4 Å². The van der Waals surface area contributed by atoms with E-state index in [1.807, 2.05) is 56.3 Å². The second-order valence-corrected chi connectivity index (χ2v) is 5.41. The number of para-hydroxylation sites is 1. The number of carbonyl (C=O) groups is 1. The highest BCUT2D eigenvalue weighted by Gasteiger charge is 2.19. The van der Waals surface area contributed by atoms with Gasteiger partial charge in [0.1, 0.15) is 5.76 Å². The Kier molecular flexibility index (Phi) is 4.70. The van der Waals surface area contributed by atoms with Crippen LogP contribution >= 0.6 is 0 Å². The van der Waals surface area contributed by atoms with Crippen molar-refractivity contribution in [2.75, 3.05) is 11.4 Å². The zero-order valence-corrected chi connectivity index (χ0v) is 13.8. The molecule has 5 nitrogen and oxygen atoms in total. The maximum atomic E-state index is 12.7. The summed E-state index contributed by atoms with van der Waals surface area (Å²) in [7, 11) is 0. The van der Waals surface area contributed by atoms with Crippen LogP contribution in [0.4, 0.5) is 5.69 Å². The third-order valence-electron chi connectivity index (χ3n) is 3.80. The molecular formula is C19H19N3O2. The predicted octanol–water partition coefficient (Wildman–Crippen LogP) is 3.64. The van der Waals surface area contributed by atoms with Crippen LogP contribution in [0.5, 0.6) is 0 Å². The number of anilines is 1. The summed E-state index contributed by atoms with van der Waals surface area (Å²) in [5.41, 5.74) is 2.35. The lowest BCUT2D eigenvalue weighted by molar-refractivity contribution is -0.118. The number of amides is 1. The van der Waals surface area contributed by atoms with Crippen molar-refractivity contribution in [1.29, 1.82) is 0 Å². The molecule has 5 heteroatoms. The number of hydrogen-bond donors (Lipinski definition) is 0. The summed E-state index contributed by atoms with van der Waals surface area (Å²) in [5.74, 6) is 1.15. The molecule has 0 saturated heterocycles. The zero-order valence-electron chi connectivity index (χ0n) is 13.8. The number of likely N-dealkylation sites (N-methyl/N-ethyl adjacent to an activating group) is 1. The molecule has 2 aromatic heterocycles. The molecule has 24 heavy (non-hydrogen) atoms. The van der Waals surface area contributed by atoms with Gasteiger partial charge in [0.2, 0.25) is 11.8 Å². The van der Waals surface area contributed by atoms with Crippen molar-refractivity contribution in [1.82, 2.24) is 9.97 Å². The van der Waals surface area contributed by atoms with Gasteiger partial charge >= 0.3 is 0 Å². The Labute approximate surface area is 141 Å². The third-order valence-corrected chi connectivity index (χ3v) is 3.80. The first-order chi connectivity index (χ1) is 11.7. The van der Waals surface area contributed by atoms with Gasteiger partial charge in [0.15, 0.2) is 0 Å². The number of pyridine rings is 1. The molecule has 122 valence electrons. The van der Waals surface area contributed by atoms with Crippen LogP contribution < -0.4 is 4.90 Å². The van der Waals surface area contributed by atoms with Gasteiger partial charge in [-0.15, -0.1) is 0 Å². The largest absolute Gasteiger partial charge is 0.441 e. The standard InChI is InChI=1S/C19H19N3O2/c1-3-22(16-9-5-4-6-10-16)18(23)12-17-14(2)24-19(21-17)15-8-7-11-20-13-15/h4-11,13H,3,12H2,1-2H3. The highest BCUT2D eigenvalue weighted by atomic mass is 16.4. The molecule has 3 aromatic rings. The molecule has 0 unspecified atom stereocenters. The maximum absolute atomic E-state index is 12.7. The summed E-state index contributed by atoms with van der Waals surface area (Å²) in [6, 6.07) is 13.3. The average Bonchev–Trinajstić information content (AvgIpc) is 2.98. The van der Waals surface area contributed by atoms with Gasteiger partial charge in [-0.2, -0.15) is 0 Å². The molecule has 0 spiro atoms. The van der Waals surface area contributed by atoms with Crippen molar-refractivity contribution in [3.05, 3.63) is 66.3 Å². The van der Waals surface area contributed by atoms with E-state index in [1.54, 1.807) is 17.3 Å². The monoisotopic (exact) mass is 321 g/mol. The number of aromatic nitrogens is 2. The van der Waals surface area contributed by atoms with Crippen LogP contribution in [0.3, 0.4) is 0 Å². The van der Waals surface area contributed by atoms with Gasteiger partial charge in [0, 0.05) is 24.6 Å². The number of nitrogens with zero attached hydrogens (tertiary/aromatic N) is 3. The minimum atomic E-state index is -0.00200. The van der Waals surface area contributed by atoms with Crippen LogP contribution in [0, 0.1) is 6.92 Å². The summed E-state index contributed by atoms with van der Waals surface area (Å²) in [6.07, 6.45) is 3.60. The van der Waals surface area contributed by atoms with Gasteiger partial charge in [0.25, 0.3) is 0 Å². The number of oxazole rings is 1. The van der Waals surface area contributed by atoms with Crippen molar-refractivity contribution in [2.24, 2.45) is 0 Å². The van der Waals surface area contributed by atoms with Crippen molar-refractivity contribution in [2.45, 2.75) is 20.3 Å². The van der Waals surface area contributed by atoms with E-state index in [9.17, 15) is 4.79 Å². The second-order valence-electron chi connectivity index (χ2n) is 5.41. The molecule has 1 amide bonds. The molecule has 0 N–H and O–H groups in total. The minimum Gasteiger partial charge on any atom is -0.441 e. The lowest BCUT2D eigenvalue weighted by Crippen LogP contribution is -2.32. The zero-order chi connectivity index (χ0) is 16.9. The molecule has 0 aliphatic carbocycles. The summed E-state index contributed by atoms with van der Waals surface area (Å²) in [6.45, 7) is 4.39. The molecule has 0 saturated carbocycles. The lowest BCUT2D eigenvalue weighted by atomic mass is 10.2. The quantitative estimate of drug-likeness (QED) is 0.720. The molecule has 0 atom stereocenters. The number of rotatable bonds is 5. The van der Waals surface area contributed by atoms with Gasteiger partial charge < -0.3 is 9.32 Å². The first kappa shape index (κ1) is 15.9. The van der Waals surface area contributed by atoms with Gasteiger partial charge in [-0.1, -0.05) is 18.2 Å². The molecule has 3 rings (SSSR count). The number of carbonyl (C=O) groups excluding carboxylic acids is 1. The average molecular weight is 321 g/mol. The van der Waals surface area contributed by atoms with Gasteiger partial charge in [-0.25, -0.2) is 4.98 Å². The fraction of sp³-hybridized carbons (Fsp3) is 0.211. The summed E-state index contributed by atoms with van der Waals surface area (Å²) in [5, 5.41) is 0. The summed E-state index contributed by atoms with van der Waals surface area (Å²) in [4.78, 5) is 23.0. The second kappa shape index (κ2) is 7.08. The van der Waals surface area contributed by atoms with E-state index in [1.165, 1.54) is 0 Å². The number of aryl methyl sites for hydroxylation is 1. The fourth-order valence-electron chi connectivity index (χ4n) is 2.55. The van der Waals surface area contributed by atoms with E-state index in [2.05, 4.69) is 9.97 Å². The Hall–Kier alpha value is -2.95. The van der Waals surface area contributed by atoms with Crippen LogP contribution in [0.15, 0.2) is 59.3 Å². The molecule has 0 aliphatic rings. The predicted molar refractivity (Wildman–Crippen MR) is 92.6 cm³/mol. The normalized spacial score (nSPS) is 10.6. The Morgan fingerprint density at radius 3 is 2.62 bits per heavy atom. The SMILES string of the molecule is CCN(C(=O)Cc1nc(-c2cccnc2)oc1C)c1ccccc1. The molecule has 0 radical (unpaired) electrons. The topological polar surface area (TPSA) is 59.2 Å². The number of benzene rings is 1. The van der Waals surface area contributed by atoms with E-state index in [4.69, 9.17) is 4.42 Å². The van der Waals surface area contributed by atoms with E-state index in [0.717, 1.165) is 11.3 Å². The third kappa shape index (κ3) is 3.35. The van der Waals surface area contributed by atoms with E-state index in [-0.39, 0.29) is 12.3 Å². The Morgan fingerprint density at radius 1 is 1.17 bits per heavy atom. The Morgan fingerprint density at radius 2 is 1.96 bits per heavy atom. The molecule has 1 aromatic carbocycles. The van der Waals surface area contributed by atoms with Crippen molar-refractivity contribution >= 4 is 11.6 Å². The van der Waals surface area contributed by atoms with Crippen LogP contribution in [-0.2, 0) is 11.2 Å². The lowest BCUT2D eigenvalue weighted by Gasteiger charge is -2.20. The Bertz CT molecular complexity index is 813. The highest BCUT2D eigenvalue weighted by Crippen LogP contribution is 2.22. The number of hydrogen-bond acceptors (Lipinski definition) is 4. The fourth-order valence-corrected chi connectivity index (χ4v) is 2.55. The Balaban J connectivity index is 1.81. The molecule has 0 aliphatic heterocycles. The van der Waals surface area contributed by atoms with Crippen LogP contribution in [0.2, 0.25) is 0 Å². The molecule has 0 bridgehead atoms. The smallest absolute Gasteiger partial charge is 0.233 e. The molecular weight excluding hydrogens is 302 g/mol. The van der Waals surface area contributed by atoms with Gasteiger partial charge in [-0.3, -0.25) is 9.78 Å².